The Bertz CT molecular complexity index is 1220. The average Bonchev–Trinajstić information content (AvgIpc) is 3.40. The van der Waals surface area contributed by atoms with Gasteiger partial charge in [-0.3, -0.25) is 14.5 Å². The van der Waals surface area contributed by atoms with Gasteiger partial charge in [-0.2, -0.15) is 0 Å². The maximum atomic E-state index is 13.1. The summed E-state index contributed by atoms with van der Waals surface area (Å²) < 4.78 is 0.569. The molecule has 0 saturated carbocycles. The first kappa shape index (κ1) is 23.1. The molecule has 1 fully saturated rings. The van der Waals surface area contributed by atoms with Crippen molar-refractivity contribution >= 4 is 40.4 Å². The van der Waals surface area contributed by atoms with Crippen LogP contribution in [0.25, 0.3) is 0 Å². The number of rotatable bonds is 6. The highest BCUT2D eigenvalue weighted by Gasteiger charge is 2.30. The number of amides is 2. The monoisotopic (exact) mass is 494 g/mol. The smallest absolute Gasteiger partial charge is 0.265 e. The topological polar surface area (TPSA) is 55.9 Å². The van der Waals surface area contributed by atoms with E-state index in [9.17, 15) is 9.59 Å². The van der Waals surface area contributed by atoms with E-state index in [4.69, 9.17) is 11.6 Å². The Morgan fingerprint density at radius 1 is 1.00 bits per heavy atom. The molecule has 2 aromatic carbocycles. The molecule has 1 N–H and O–H groups in total. The molecule has 0 bridgehead atoms. The number of fused-ring (bicyclic) bond motifs is 1. The minimum absolute atomic E-state index is 0.00487. The number of carbonyl (C=O) groups excluding carboxylic acids is 2. The van der Waals surface area contributed by atoms with Crippen LogP contribution in [0.5, 0.6) is 0 Å². The van der Waals surface area contributed by atoms with Gasteiger partial charge in [-0.25, -0.2) is 0 Å². The number of thiophene rings is 1. The van der Waals surface area contributed by atoms with Crippen LogP contribution in [-0.2, 0) is 19.6 Å². The molecule has 3 aromatic rings. The molecule has 0 atom stereocenters. The van der Waals surface area contributed by atoms with Gasteiger partial charge in [0.2, 0.25) is 0 Å². The number of benzene rings is 2. The van der Waals surface area contributed by atoms with Gasteiger partial charge in [0.1, 0.15) is 0 Å². The van der Waals surface area contributed by atoms with E-state index in [1.165, 1.54) is 16.9 Å². The zero-order valence-electron chi connectivity index (χ0n) is 19.1. The van der Waals surface area contributed by atoms with Crippen molar-refractivity contribution in [1.29, 1.82) is 0 Å². The van der Waals surface area contributed by atoms with Crippen molar-refractivity contribution < 1.29 is 9.59 Å². The molecule has 0 radical (unpaired) electrons. The summed E-state index contributed by atoms with van der Waals surface area (Å²) in [6, 6.07) is 17.4. The summed E-state index contributed by atoms with van der Waals surface area (Å²) in [6.45, 7) is 6.28. The second-order valence-electron chi connectivity index (χ2n) is 8.95. The van der Waals surface area contributed by atoms with E-state index in [2.05, 4.69) is 46.4 Å². The number of anilines is 1. The molecule has 3 heterocycles. The summed E-state index contributed by atoms with van der Waals surface area (Å²) >= 11 is 7.21. The van der Waals surface area contributed by atoms with E-state index >= 15 is 0 Å². The molecule has 5 rings (SSSR count). The number of halogens is 1. The molecule has 2 aliphatic heterocycles. The Morgan fingerprint density at radius 2 is 1.74 bits per heavy atom. The van der Waals surface area contributed by atoms with Gasteiger partial charge >= 0.3 is 0 Å². The molecule has 1 saturated heterocycles. The molecule has 0 unspecified atom stereocenters. The van der Waals surface area contributed by atoms with Crippen molar-refractivity contribution in [3.63, 3.8) is 0 Å². The van der Waals surface area contributed by atoms with Crippen LogP contribution in [-0.4, -0.2) is 59.7 Å². The van der Waals surface area contributed by atoms with E-state index in [1.54, 1.807) is 12.1 Å². The SMILES string of the molecule is CN1CCN(Cc2cccc(CN3Cc4c(NC(=O)c5ccc(Cl)s5)cccc4C3=O)c2)CC1. The zero-order chi connectivity index (χ0) is 23.7. The predicted octanol–water partition coefficient (Wildman–Crippen LogP) is 4.56. The van der Waals surface area contributed by atoms with E-state index < -0.39 is 0 Å². The van der Waals surface area contributed by atoms with Crippen LogP contribution < -0.4 is 5.32 Å². The summed E-state index contributed by atoms with van der Waals surface area (Å²) in [7, 11) is 2.16. The fraction of sp³-hybridized carbons (Fsp3) is 0.308. The van der Waals surface area contributed by atoms with E-state index in [1.807, 2.05) is 23.1 Å². The van der Waals surface area contributed by atoms with Gasteiger partial charge < -0.3 is 15.1 Å². The lowest BCUT2D eigenvalue weighted by molar-refractivity contribution is 0.0766. The maximum Gasteiger partial charge on any atom is 0.265 e. The van der Waals surface area contributed by atoms with Crippen LogP contribution >= 0.6 is 22.9 Å². The first-order valence-corrected chi connectivity index (χ1v) is 12.6. The number of piperazine rings is 1. The summed E-state index contributed by atoms with van der Waals surface area (Å²) in [5.74, 6) is -0.220. The highest BCUT2D eigenvalue weighted by molar-refractivity contribution is 7.18. The first-order chi connectivity index (χ1) is 16.5. The van der Waals surface area contributed by atoms with Crippen LogP contribution in [0.1, 0.15) is 36.7 Å². The normalized spacial score (nSPS) is 16.6. The predicted molar refractivity (Wildman–Crippen MR) is 137 cm³/mol. The Labute approximate surface area is 208 Å². The molecule has 0 aliphatic carbocycles. The molecule has 8 heteroatoms. The quantitative estimate of drug-likeness (QED) is 0.546. The fourth-order valence-electron chi connectivity index (χ4n) is 4.57. The molecule has 6 nitrogen and oxygen atoms in total. The van der Waals surface area contributed by atoms with Crippen molar-refractivity contribution in [2.45, 2.75) is 19.6 Å². The lowest BCUT2D eigenvalue weighted by Crippen LogP contribution is -2.43. The summed E-state index contributed by atoms with van der Waals surface area (Å²) in [5.41, 5.74) is 4.57. The minimum Gasteiger partial charge on any atom is -0.330 e. The number of nitrogens with one attached hydrogen (secondary N) is 1. The number of nitrogens with zero attached hydrogens (tertiary/aromatic N) is 3. The van der Waals surface area contributed by atoms with Crippen LogP contribution in [0.2, 0.25) is 4.34 Å². The summed E-state index contributed by atoms with van der Waals surface area (Å²) in [5, 5.41) is 2.96. The average molecular weight is 495 g/mol. The van der Waals surface area contributed by atoms with Crippen LogP contribution in [0.4, 0.5) is 5.69 Å². The Kier molecular flexibility index (Phi) is 6.70. The van der Waals surface area contributed by atoms with Crippen molar-refractivity contribution in [3.05, 3.63) is 86.1 Å². The van der Waals surface area contributed by atoms with Crippen LogP contribution in [0.15, 0.2) is 54.6 Å². The van der Waals surface area contributed by atoms with E-state index in [-0.39, 0.29) is 11.8 Å². The Balaban J connectivity index is 1.27. The Hall–Kier alpha value is -2.71. The standard InChI is InChI=1S/C26H27ClN4O2S/c1-29-10-12-30(13-11-29)15-18-4-2-5-19(14-18)16-31-17-21-20(26(31)33)6-3-7-22(21)28-25(32)23-8-9-24(27)34-23/h2-9,14H,10-13,15-17H2,1H3,(H,28,32). The molecule has 2 amide bonds. The first-order valence-electron chi connectivity index (χ1n) is 11.4. The van der Waals surface area contributed by atoms with Crippen LogP contribution in [0, 0.1) is 0 Å². The van der Waals surface area contributed by atoms with Crippen molar-refractivity contribution in [2.75, 3.05) is 38.5 Å². The Morgan fingerprint density at radius 3 is 2.47 bits per heavy atom. The second kappa shape index (κ2) is 9.88. The van der Waals surface area contributed by atoms with Gasteiger partial charge in [0.25, 0.3) is 11.8 Å². The van der Waals surface area contributed by atoms with E-state index in [0.717, 1.165) is 43.9 Å². The van der Waals surface area contributed by atoms with Gasteiger partial charge in [0.05, 0.1) is 9.21 Å². The van der Waals surface area contributed by atoms with Gasteiger partial charge in [-0.1, -0.05) is 41.9 Å². The fourth-order valence-corrected chi connectivity index (χ4v) is 5.50. The minimum atomic E-state index is -0.215. The molecular weight excluding hydrogens is 468 g/mol. The third-order valence-electron chi connectivity index (χ3n) is 6.45. The van der Waals surface area contributed by atoms with Gasteiger partial charge in [-0.05, 0) is 42.4 Å². The highest BCUT2D eigenvalue weighted by atomic mass is 35.5. The third-order valence-corrected chi connectivity index (χ3v) is 7.68. The van der Waals surface area contributed by atoms with Crippen molar-refractivity contribution in [1.82, 2.24) is 14.7 Å². The number of likely N-dealkylation sites (N-methyl/N-ethyl adjacent to an activating group) is 1. The molecule has 2 aliphatic rings. The molecular formula is C26H27ClN4O2S. The van der Waals surface area contributed by atoms with Crippen LogP contribution in [0.3, 0.4) is 0 Å². The molecule has 1 aromatic heterocycles. The zero-order valence-corrected chi connectivity index (χ0v) is 20.7. The molecule has 34 heavy (non-hydrogen) atoms. The van der Waals surface area contributed by atoms with Gasteiger partial charge in [0, 0.05) is 62.6 Å². The lowest BCUT2D eigenvalue weighted by Gasteiger charge is -2.32. The van der Waals surface area contributed by atoms with Crippen molar-refractivity contribution in [3.8, 4) is 0 Å². The van der Waals surface area contributed by atoms with Gasteiger partial charge in [-0.15, -0.1) is 11.3 Å². The summed E-state index contributed by atoms with van der Waals surface area (Å²) in [4.78, 5) is 33.0. The molecule has 176 valence electrons. The third kappa shape index (κ3) is 5.03. The van der Waals surface area contributed by atoms with Crippen molar-refractivity contribution in [2.24, 2.45) is 0 Å². The number of hydrogen-bond acceptors (Lipinski definition) is 5. The summed E-state index contributed by atoms with van der Waals surface area (Å²) in [6.07, 6.45) is 0. The molecule has 0 spiro atoms. The largest absolute Gasteiger partial charge is 0.330 e. The highest BCUT2D eigenvalue weighted by Crippen LogP contribution is 2.31. The lowest BCUT2D eigenvalue weighted by atomic mass is 10.1. The second-order valence-corrected chi connectivity index (χ2v) is 10.7. The van der Waals surface area contributed by atoms with Gasteiger partial charge in [0.15, 0.2) is 0 Å². The number of carbonyl (C=O) groups is 2. The maximum absolute atomic E-state index is 13.1. The van der Waals surface area contributed by atoms with E-state index in [0.29, 0.717) is 33.6 Å². The number of hydrogen-bond donors (Lipinski definition) is 1.